The number of nitrogens with one attached hydrogen (secondary N) is 1. The van der Waals surface area contributed by atoms with Crippen LogP contribution in [0.15, 0.2) is 0 Å². The first-order valence-electron chi connectivity index (χ1n) is 5.38. The zero-order chi connectivity index (χ0) is 10.1. The lowest BCUT2D eigenvalue weighted by molar-refractivity contribution is 0.106. The van der Waals surface area contributed by atoms with Crippen LogP contribution < -0.4 is 5.32 Å². The number of nitrogens with zero attached hydrogens (tertiary/aromatic N) is 1. The van der Waals surface area contributed by atoms with Gasteiger partial charge in [-0.3, -0.25) is 0 Å². The van der Waals surface area contributed by atoms with Gasteiger partial charge in [-0.15, -0.1) is 0 Å². The average Bonchev–Trinajstić information content (AvgIpc) is 2.02. The highest BCUT2D eigenvalue weighted by Crippen LogP contribution is 2.23. The minimum Gasteiger partial charge on any atom is -0.311 e. The molecule has 0 aliphatic carbocycles. The molecule has 2 unspecified atom stereocenters. The molecule has 1 saturated heterocycles. The van der Waals surface area contributed by atoms with E-state index in [1.807, 2.05) is 0 Å². The summed E-state index contributed by atoms with van der Waals surface area (Å²) in [7, 11) is 2.24. The summed E-state index contributed by atoms with van der Waals surface area (Å²) >= 11 is 0. The zero-order valence-corrected chi connectivity index (χ0v) is 9.72. The van der Waals surface area contributed by atoms with Crippen LogP contribution in [0.4, 0.5) is 0 Å². The summed E-state index contributed by atoms with van der Waals surface area (Å²) in [5.41, 5.74) is 0.382. The first-order chi connectivity index (χ1) is 5.95. The SMILES string of the molecule is CCC1CNC(C(C)(C)C)CN1C. The van der Waals surface area contributed by atoms with Crippen molar-refractivity contribution < 1.29 is 0 Å². The normalized spacial score (nSPS) is 32.1. The quantitative estimate of drug-likeness (QED) is 0.667. The van der Waals surface area contributed by atoms with Crippen LogP contribution in [0.2, 0.25) is 0 Å². The monoisotopic (exact) mass is 184 g/mol. The van der Waals surface area contributed by atoms with Gasteiger partial charge in [0, 0.05) is 25.2 Å². The standard InChI is InChI=1S/C11H24N2/c1-6-9-7-12-10(8-13(9)5)11(2,3)4/h9-10,12H,6-8H2,1-5H3. The van der Waals surface area contributed by atoms with Gasteiger partial charge < -0.3 is 10.2 Å². The molecule has 0 saturated carbocycles. The maximum absolute atomic E-state index is 3.65. The molecule has 13 heavy (non-hydrogen) atoms. The highest BCUT2D eigenvalue weighted by atomic mass is 15.2. The summed E-state index contributed by atoms with van der Waals surface area (Å²) in [6.45, 7) is 11.5. The molecule has 0 aromatic carbocycles. The summed E-state index contributed by atoms with van der Waals surface area (Å²) in [4.78, 5) is 2.49. The van der Waals surface area contributed by atoms with Gasteiger partial charge in [0.1, 0.15) is 0 Å². The van der Waals surface area contributed by atoms with Gasteiger partial charge in [0.25, 0.3) is 0 Å². The fraction of sp³-hybridized carbons (Fsp3) is 1.00. The third-order valence-electron chi connectivity index (χ3n) is 3.21. The molecule has 1 N–H and O–H groups in total. The van der Waals surface area contributed by atoms with Crippen LogP contribution in [0.1, 0.15) is 34.1 Å². The molecule has 78 valence electrons. The second kappa shape index (κ2) is 3.97. The molecule has 0 aromatic rings. The topological polar surface area (TPSA) is 15.3 Å². The molecule has 2 nitrogen and oxygen atoms in total. The van der Waals surface area contributed by atoms with Crippen molar-refractivity contribution in [3.05, 3.63) is 0 Å². The van der Waals surface area contributed by atoms with Crippen molar-refractivity contribution in [2.75, 3.05) is 20.1 Å². The zero-order valence-electron chi connectivity index (χ0n) is 9.72. The molecule has 1 heterocycles. The summed E-state index contributed by atoms with van der Waals surface area (Å²) in [5, 5.41) is 3.65. The Morgan fingerprint density at radius 1 is 1.38 bits per heavy atom. The van der Waals surface area contributed by atoms with Gasteiger partial charge in [-0.05, 0) is 18.9 Å². The number of hydrogen-bond acceptors (Lipinski definition) is 2. The highest BCUT2D eigenvalue weighted by Gasteiger charge is 2.31. The van der Waals surface area contributed by atoms with E-state index in [-0.39, 0.29) is 0 Å². The van der Waals surface area contributed by atoms with E-state index in [9.17, 15) is 0 Å². The van der Waals surface area contributed by atoms with E-state index >= 15 is 0 Å². The number of piperazine rings is 1. The summed E-state index contributed by atoms with van der Waals surface area (Å²) in [5.74, 6) is 0. The molecule has 0 spiro atoms. The van der Waals surface area contributed by atoms with Crippen LogP contribution in [-0.4, -0.2) is 37.1 Å². The van der Waals surface area contributed by atoms with Gasteiger partial charge in [-0.2, -0.15) is 0 Å². The van der Waals surface area contributed by atoms with Crippen LogP contribution in [-0.2, 0) is 0 Å². The predicted molar refractivity (Wildman–Crippen MR) is 58.0 cm³/mol. The van der Waals surface area contributed by atoms with Crippen molar-refractivity contribution in [3.8, 4) is 0 Å². The van der Waals surface area contributed by atoms with Crippen molar-refractivity contribution >= 4 is 0 Å². The van der Waals surface area contributed by atoms with Crippen molar-refractivity contribution in [1.82, 2.24) is 10.2 Å². The van der Waals surface area contributed by atoms with Crippen LogP contribution in [0.3, 0.4) is 0 Å². The maximum Gasteiger partial charge on any atom is 0.0244 e. The molecule has 0 amide bonds. The van der Waals surface area contributed by atoms with E-state index in [4.69, 9.17) is 0 Å². The third kappa shape index (κ3) is 2.68. The van der Waals surface area contributed by atoms with Crippen LogP contribution in [0, 0.1) is 5.41 Å². The van der Waals surface area contributed by atoms with Crippen molar-refractivity contribution in [1.29, 1.82) is 0 Å². The van der Waals surface area contributed by atoms with Crippen LogP contribution in [0.25, 0.3) is 0 Å². The van der Waals surface area contributed by atoms with E-state index in [2.05, 4.69) is 45.0 Å². The van der Waals surface area contributed by atoms with Gasteiger partial charge in [0.15, 0.2) is 0 Å². The molecular weight excluding hydrogens is 160 g/mol. The third-order valence-corrected chi connectivity index (χ3v) is 3.21. The van der Waals surface area contributed by atoms with Gasteiger partial charge in [0.05, 0.1) is 0 Å². The lowest BCUT2D eigenvalue weighted by atomic mass is 9.84. The molecule has 2 atom stereocenters. The first-order valence-corrected chi connectivity index (χ1v) is 5.38. The summed E-state index contributed by atoms with van der Waals surface area (Å²) < 4.78 is 0. The van der Waals surface area contributed by atoms with Crippen LogP contribution >= 0.6 is 0 Å². The predicted octanol–water partition coefficient (Wildman–Crippen LogP) is 1.71. The fourth-order valence-corrected chi connectivity index (χ4v) is 1.97. The molecule has 0 bridgehead atoms. The fourth-order valence-electron chi connectivity index (χ4n) is 1.97. The van der Waals surface area contributed by atoms with Crippen molar-refractivity contribution in [2.24, 2.45) is 5.41 Å². The minimum absolute atomic E-state index is 0.382. The lowest BCUT2D eigenvalue weighted by Gasteiger charge is -2.43. The molecule has 1 aliphatic heterocycles. The molecule has 0 aromatic heterocycles. The second-order valence-electron chi connectivity index (χ2n) is 5.33. The Balaban J connectivity index is 2.51. The van der Waals surface area contributed by atoms with E-state index in [0.717, 1.165) is 12.6 Å². The Morgan fingerprint density at radius 3 is 2.38 bits per heavy atom. The van der Waals surface area contributed by atoms with Crippen molar-refractivity contribution in [3.63, 3.8) is 0 Å². The number of likely N-dealkylation sites (N-methyl/N-ethyl adjacent to an activating group) is 1. The van der Waals surface area contributed by atoms with E-state index in [1.165, 1.54) is 13.0 Å². The summed E-state index contributed by atoms with van der Waals surface area (Å²) in [6.07, 6.45) is 1.25. The first kappa shape index (κ1) is 11.0. The molecule has 2 heteroatoms. The Hall–Kier alpha value is -0.0800. The smallest absolute Gasteiger partial charge is 0.0244 e. The Kier molecular flexibility index (Phi) is 3.36. The molecule has 1 aliphatic rings. The minimum atomic E-state index is 0.382. The van der Waals surface area contributed by atoms with Gasteiger partial charge in [0.2, 0.25) is 0 Å². The van der Waals surface area contributed by atoms with E-state index in [1.54, 1.807) is 0 Å². The lowest BCUT2D eigenvalue weighted by Crippen LogP contribution is -2.58. The largest absolute Gasteiger partial charge is 0.311 e. The Labute approximate surface area is 82.7 Å². The van der Waals surface area contributed by atoms with E-state index < -0.39 is 0 Å². The molecule has 1 rings (SSSR count). The van der Waals surface area contributed by atoms with Gasteiger partial charge in [-0.25, -0.2) is 0 Å². The molecule has 1 fully saturated rings. The van der Waals surface area contributed by atoms with Gasteiger partial charge >= 0.3 is 0 Å². The van der Waals surface area contributed by atoms with Gasteiger partial charge in [-0.1, -0.05) is 27.7 Å². The summed E-state index contributed by atoms with van der Waals surface area (Å²) in [6, 6.07) is 1.37. The second-order valence-corrected chi connectivity index (χ2v) is 5.33. The molecule has 0 radical (unpaired) electrons. The Bertz CT molecular complexity index is 160. The average molecular weight is 184 g/mol. The van der Waals surface area contributed by atoms with Crippen molar-refractivity contribution in [2.45, 2.75) is 46.2 Å². The van der Waals surface area contributed by atoms with E-state index in [0.29, 0.717) is 11.5 Å². The van der Waals surface area contributed by atoms with Crippen LogP contribution in [0.5, 0.6) is 0 Å². The molecular formula is C11H24N2. The Morgan fingerprint density at radius 2 is 2.00 bits per heavy atom. The number of hydrogen-bond donors (Lipinski definition) is 1. The number of rotatable bonds is 1. The maximum atomic E-state index is 3.65. The highest BCUT2D eigenvalue weighted by molar-refractivity contribution is 4.90.